The minimum absolute atomic E-state index is 0.0590. The topological polar surface area (TPSA) is 105 Å². The Labute approximate surface area is 513 Å². The number of aliphatic hydroxyl groups is 1. The first kappa shape index (κ1) is 81.0. The lowest BCUT2D eigenvalue weighted by atomic mass is 10.0. The average molecular weight is 1180 g/mol. The van der Waals surface area contributed by atoms with Crippen molar-refractivity contribution in [1.29, 1.82) is 0 Å². The summed E-state index contributed by atoms with van der Waals surface area (Å²) in [7, 11) is 1.57. The molecule has 0 spiro atoms. The van der Waals surface area contributed by atoms with Crippen molar-refractivity contribution in [2.75, 3.05) is 40.9 Å². The molecule has 0 aliphatic carbocycles. The molecular formula is C73H146N2O6P+. The van der Waals surface area contributed by atoms with Crippen molar-refractivity contribution in [3.05, 3.63) is 24.3 Å². The molecule has 0 fully saturated rings. The molecule has 0 rings (SSSR count). The molecule has 0 aromatic rings. The SMILES string of the molecule is CCCCCCCCCCCCCCCCC/C=C/CC/C=C/C(O)C(COP(=O)(O)OCC[N+](C)(C)C)NC(=O)CCCCCCCCCCCCCCCCCCCCCCCCCCCCCCCCCCCCCCCCC. The molecule has 8 nitrogen and oxygen atoms in total. The van der Waals surface area contributed by atoms with Crippen LogP contribution in [0.3, 0.4) is 0 Å². The van der Waals surface area contributed by atoms with Crippen LogP contribution in [-0.2, 0) is 18.4 Å². The first-order chi connectivity index (χ1) is 40.0. The van der Waals surface area contributed by atoms with Crippen molar-refractivity contribution >= 4 is 13.7 Å². The molecule has 0 heterocycles. The predicted molar refractivity (Wildman–Crippen MR) is 360 cm³/mol. The standard InChI is InChI=1S/C73H145N2O6P/c1-6-8-10-12-14-16-18-20-22-24-26-28-29-30-31-32-33-34-35-36-37-38-39-40-41-42-43-44-45-47-49-51-53-55-57-59-61-63-65-67-73(77)74-71(70-81-82(78,79)80-69-68-75(3,4)5)72(76)66-64-62-60-58-56-54-52-50-48-46-27-25-23-21-19-17-15-13-11-9-7-2/h56,58,64,66,71-72,76H,6-55,57,59-63,65,67-70H2,1-5H3,(H-,74,77,78,79)/p+1/b58-56+,66-64+. The van der Waals surface area contributed by atoms with Gasteiger partial charge in [0.15, 0.2) is 0 Å². The number of aliphatic hydroxyl groups excluding tert-OH is 1. The Morgan fingerprint density at radius 1 is 0.402 bits per heavy atom. The number of phosphoric acid groups is 1. The second-order valence-corrected chi connectivity index (χ2v) is 28.1. The molecule has 0 aliphatic heterocycles. The van der Waals surface area contributed by atoms with Crippen LogP contribution in [0.15, 0.2) is 24.3 Å². The van der Waals surface area contributed by atoms with E-state index >= 15 is 0 Å². The zero-order valence-corrected chi connectivity index (χ0v) is 56.9. The normalized spacial score (nSPS) is 13.7. The number of nitrogens with one attached hydrogen (secondary N) is 1. The Morgan fingerprint density at radius 2 is 0.671 bits per heavy atom. The minimum Gasteiger partial charge on any atom is -0.387 e. The summed E-state index contributed by atoms with van der Waals surface area (Å²) in [5.74, 6) is -0.178. The summed E-state index contributed by atoms with van der Waals surface area (Å²) >= 11 is 0. The van der Waals surface area contributed by atoms with Gasteiger partial charge in [0, 0.05) is 6.42 Å². The Bertz CT molecular complexity index is 1390. The third-order valence-electron chi connectivity index (χ3n) is 17.2. The summed E-state index contributed by atoms with van der Waals surface area (Å²) < 4.78 is 23.8. The number of hydrogen-bond acceptors (Lipinski definition) is 5. The summed E-state index contributed by atoms with van der Waals surface area (Å²) in [5, 5.41) is 14.0. The first-order valence-corrected chi connectivity index (χ1v) is 38.2. The van der Waals surface area contributed by atoms with Gasteiger partial charge < -0.3 is 19.8 Å². The number of quaternary nitrogens is 1. The Balaban J connectivity index is 3.92. The van der Waals surface area contributed by atoms with Crippen LogP contribution in [0.4, 0.5) is 0 Å². The quantitative estimate of drug-likeness (QED) is 0.0243. The molecule has 0 aromatic heterocycles. The summed E-state index contributed by atoms with van der Waals surface area (Å²) in [6.07, 6.45) is 85.1. The maximum absolute atomic E-state index is 13.0. The molecule has 0 aromatic carbocycles. The van der Waals surface area contributed by atoms with Gasteiger partial charge in [-0.05, 0) is 32.1 Å². The molecule has 0 aliphatic rings. The Hall–Kier alpha value is -1.02. The minimum atomic E-state index is -4.36. The van der Waals surface area contributed by atoms with Gasteiger partial charge in [0.1, 0.15) is 13.2 Å². The van der Waals surface area contributed by atoms with Crippen LogP contribution in [0, 0.1) is 0 Å². The highest BCUT2D eigenvalue weighted by Crippen LogP contribution is 2.43. The van der Waals surface area contributed by atoms with Gasteiger partial charge in [-0.3, -0.25) is 13.8 Å². The number of rotatable bonds is 69. The second kappa shape index (κ2) is 64.5. The Morgan fingerprint density at radius 3 is 0.976 bits per heavy atom. The fourth-order valence-corrected chi connectivity index (χ4v) is 12.2. The van der Waals surface area contributed by atoms with Gasteiger partial charge >= 0.3 is 7.82 Å². The van der Waals surface area contributed by atoms with Crippen LogP contribution in [-0.4, -0.2) is 73.4 Å². The van der Waals surface area contributed by atoms with Crippen molar-refractivity contribution in [1.82, 2.24) is 5.32 Å². The van der Waals surface area contributed by atoms with Crippen molar-refractivity contribution in [2.45, 2.75) is 398 Å². The third-order valence-corrected chi connectivity index (χ3v) is 18.2. The lowest BCUT2D eigenvalue weighted by molar-refractivity contribution is -0.870. The average Bonchev–Trinajstić information content (AvgIpc) is 3.47. The Kier molecular flexibility index (Phi) is 63.7. The van der Waals surface area contributed by atoms with Gasteiger partial charge in [-0.1, -0.05) is 372 Å². The zero-order valence-electron chi connectivity index (χ0n) is 56.0. The van der Waals surface area contributed by atoms with Crippen LogP contribution in [0.5, 0.6) is 0 Å². The van der Waals surface area contributed by atoms with Crippen LogP contribution in [0.1, 0.15) is 386 Å². The van der Waals surface area contributed by atoms with Gasteiger partial charge in [-0.2, -0.15) is 0 Å². The van der Waals surface area contributed by atoms with Gasteiger partial charge in [0.25, 0.3) is 0 Å². The van der Waals surface area contributed by atoms with Crippen molar-refractivity contribution in [3.8, 4) is 0 Å². The molecule has 0 saturated heterocycles. The number of allylic oxidation sites excluding steroid dienone is 3. The highest BCUT2D eigenvalue weighted by atomic mass is 31.2. The largest absolute Gasteiger partial charge is 0.472 e. The highest BCUT2D eigenvalue weighted by molar-refractivity contribution is 7.47. The van der Waals surface area contributed by atoms with Crippen molar-refractivity contribution in [2.24, 2.45) is 0 Å². The van der Waals surface area contributed by atoms with E-state index in [1.54, 1.807) is 6.08 Å². The van der Waals surface area contributed by atoms with Crippen molar-refractivity contribution in [3.63, 3.8) is 0 Å². The number of carbonyl (C=O) groups is 1. The molecule has 3 unspecified atom stereocenters. The fourth-order valence-electron chi connectivity index (χ4n) is 11.5. The second-order valence-electron chi connectivity index (χ2n) is 26.7. The summed E-state index contributed by atoms with van der Waals surface area (Å²) in [6.45, 7) is 4.86. The van der Waals surface area contributed by atoms with Crippen LogP contribution >= 0.6 is 7.82 Å². The smallest absolute Gasteiger partial charge is 0.387 e. The highest BCUT2D eigenvalue weighted by Gasteiger charge is 2.28. The molecular weight excluding hydrogens is 1030 g/mol. The molecule has 3 atom stereocenters. The monoisotopic (exact) mass is 1180 g/mol. The van der Waals surface area contributed by atoms with Crippen molar-refractivity contribution < 1.29 is 32.9 Å². The van der Waals surface area contributed by atoms with E-state index < -0.39 is 20.0 Å². The van der Waals surface area contributed by atoms with E-state index in [4.69, 9.17) is 9.05 Å². The first-order valence-electron chi connectivity index (χ1n) is 36.7. The summed E-state index contributed by atoms with van der Waals surface area (Å²) in [6, 6.07) is -0.862. The molecule has 0 saturated carbocycles. The summed E-state index contributed by atoms with van der Waals surface area (Å²) in [4.78, 5) is 23.4. The maximum Gasteiger partial charge on any atom is 0.472 e. The molecule has 9 heteroatoms. The molecule has 0 bridgehead atoms. The molecule has 488 valence electrons. The van der Waals surface area contributed by atoms with E-state index in [2.05, 4.69) is 31.3 Å². The molecule has 3 N–H and O–H groups in total. The summed E-state index contributed by atoms with van der Waals surface area (Å²) in [5.41, 5.74) is 0. The number of carbonyl (C=O) groups excluding carboxylic acids is 1. The van der Waals surface area contributed by atoms with Gasteiger partial charge in [-0.15, -0.1) is 0 Å². The van der Waals surface area contributed by atoms with Gasteiger partial charge in [-0.25, -0.2) is 4.57 Å². The molecule has 1 amide bonds. The number of nitrogens with zero attached hydrogens (tertiary/aromatic N) is 1. The van der Waals surface area contributed by atoms with E-state index in [0.717, 1.165) is 38.5 Å². The molecule has 82 heavy (non-hydrogen) atoms. The van der Waals surface area contributed by atoms with E-state index in [1.165, 1.54) is 327 Å². The lowest BCUT2D eigenvalue weighted by Crippen LogP contribution is -2.45. The number of unbranched alkanes of at least 4 members (excludes halogenated alkanes) is 54. The van der Waals surface area contributed by atoms with Crippen LogP contribution < -0.4 is 5.32 Å². The van der Waals surface area contributed by atoms with Gasteiger partial charge in [0.05, 0.1) is 39.9 Å². The number of hydrogen-bond donors (Lipinski definition) is 3. The van der Waals surface area contributed by atoms with E-state index in [0.29, 0.717) is 17.4 Å². The number of amides is 1. The predicted octanol–water partition coefficient (Wildman–Crippen LogP) is 23.4. The maximum atomic E-state index is 13.0. The lowest BCUT2D eigenvalue weighted by Gasteiger charge is -2.25. The van der Waals surface area contributed by atoms with Gasteiger partial charge in [0.2, 0.25) is 5.91 Å². The third kappa shape index (κ3) is 66.5. The van der Waals surface area contributed by atoms with Crippen LogP contribution in [0.2, 0.25) is 0 Å². The van der Waals surface area contributed by atoms with E-state index in [-0.39, 0.29) is 19.1 Å². The number of likely N-dealkylation sites (N-methyl/N-ethyl adjacent to an activating group) is 1. The zero-order chi connectivity index (χ0) is 59.8. The fraction of sp³-hybridized carbons (Fsp3) is 0.932. The number of phosphoric ester groups is 1. The van der Waals surface area contributed by atoms with Crippen LogP contribution in [0.25, 0.3) is 0 Å². The molecule has 0 radical (unpaired) electrons. The van der Waals surface area contributed by atoms with E-state index in [9.17, 15) is 19.4 Å². The van der Waals surface area contributed by atoms with E-state index in [1.807, 2.05) is 27.2 Å².